The maximum absolute atomic E-state index is 12.3. The molecule has 1 aromatic heterocycles. The standard InChI is InChI=1S/C19H23N5O3/c1-3-27-17-7-6-14(9-18(17)26-2)15-10-16(23-22-15)19(25)24-21-12-13-5-4-8-20-11-13/h4-9,11-12,15-16,22-23H,3,10H2,1-2H3,(H,24,25)/b21-12-. The summed E-state index contributed by atoms with van der Waals surface area (Å²) >= 11 is 0. The first kappa shape index (κ1) is 18.8. The zero-order chi connectivity index (χ0) is 19.1. The fraction of sp³-hybridized carbons (Fsp3) is 0.316. The van der Waals surface area contributed by atoms with Gasteiger partial charge in [0.1, 0.15) is 6.04 Å². The Labute approximate surface area is 157 Å². The number of carbonyl (C=O) groups excluding carboxylic acids is 1. The summed E-state index contributed by atoms with van der Waals surface area (Å²) in [5.74, 6) is 1.17. The van der Waals surface area contributed by atoms with Crippen LogP contribution in [0.15, 0.2) is 47.8 Å². The summed E-state index contributed by atoms with van der Waals surface area (Å²) < 4.78 is 10.9. The number of ether oxygens (including phenoxy) is 2. The Hall–Kier alpha value is -2.97. The van der Waals surface area contributed by atoms with Crippen molar-refractivity contribution in [2.75, 3.05) is 13.7 Å². The van der Waals surface area contributed by atoms with E-state index in [9.17, 15) is 4.79 Å². The minimum atomic E-state index is -0.390. The first-order valence-corrected chi connectivity index (χ1v) is 8.76. The Morgan fingerprint density at radius 2 is 2.26 bits per heavy atom. The van der Waals surface area contributed by atoms with Crippen LogP contribution in [0.3, 0.4) is 0 Å². The smallest absolute Gasteiger partial charge is 0.258 e. The first-order valence-electron chi connectivity index (χ1n) is 8.76. The Kier molecular flexibility index (Phi) is 6.35. The number of amides is 1. The SMILES string of the molecule is CCOc1ccc(C2CC(C(=O)N/N=C\c3cccnc3)NN2)cc1OC. The fourth-order valence-corrected chi connectivity index (χ4v) is 2.82. The van der Waals surface area contributed by atoms with Gasteiger partial charge in [0.25, 0.3) is 5.91 Å². The number of rotatable bonds is 7. The summed E-state index contributed by atoms with van der Waals surface area (Å²) in [6, 6.07) is 9.02. The second-order valence-electron chi connectivity index (χ2n) is 5.99. The molecule has 1 saturated heterocycles. The molecule has 2 unspecified atom stereocenters. The van der Waals surface area contributed by atoms with E-state index in [0.29, 0.717) is 24.5 Å². The molecule has 1 aliphatic rings. The lowest BCUT2D eigenvalue weighted by Gasteiger charge is -2.14. The van der Waals surface area contributed by atoms with Crippen LogP contribution in [0.2, 0.25) is 0 Å². The Morgan fingerprint density at radius 3 is 3.00 bits per heavy atom. The van der Waals surface area contributed by atoms with Crippen LogP contribution in [-0.2, 0) is 4.79 Å². The van der Waals surface area contributed by atoms with Crippen molar-refractivity contribution in [1.29, 1.82) is 0 Å². The lowest BCUT2D eigenvalue weighted by Crippen LogP contribution is -2.41. The van der Waals surface area contributed by atoms with E-state index in [1.54, 1.807) is 31.8 Å². The number of hydrogen-bond donors (Lipinski definition) is 3. The van der Waals surface area contributed by atoms with E-state index in [2.05, 4.69) is 26.4 Å². The van der Waals surface area contributed by atoms with Crippen molar-refractivity contribution in [3.05, 3.63) is 53.9 Å². The van der Waals surface area contributed by atoms with Crippen LogP contribution in [0, 0.1) is 0 Å². The monoisotopic (exact) mass is 369 g/mol. The molecular weight excluding hydrogens is 346 g/mol. The highest BCUT2D eigenvalue weighted by Gasteiger charge is 2.30. The van der Waals surface area contributed by atoms with Crippen LogP contribution < -0.4 is 25.8 Å². The maximum Gasteiger partial charge on any atom is 0.258 e. The van der Waals surface area contributed by atoms with E-state index in [1.807, 2.05) is 31.2 Å². The number of nitrogens with one attached hydrogen (secondary N) is 3. The normalized spacial score (nSPS) is 19.2. The number of carbonyl (C=O) groups is 1. The third-order valence-electron chi connectivity index (χ3n) is 4.18. The summed E-state index contributed by atoms with van der Waals surface area (Å²) in [6.45, 7) is 2.50. The van der Waals surface area contributed by atoms with Gasteiger partial charge in [0.15, 0.2) is 11.5 Å². The molecule has 2 heterocycles. The molecule has 8 heteroatoms. The highest BCUT2D eigenvalue weighted by atomic mass is 16.5. The number of hydrazine groups is 1. The van der Waals surface area contributed by atoms with Gasteiger partial charge < -0.3 is 9.47 Å². The van der Waals surface area contributed by atoms with Crippen molar-refractivity contribution in [3.63, 3.8) is 0 Å². The number of hydrazone groups is 1. The molecule has 0 spiro atoms. The maximum atomic E-state index is 12.3. The summed E-state index contributed by atoms with van der Waals surface area (Å²) in [5, 5.41) is 3.97. The Morgan fingerprint density at radius 1 is 1.37 bits per heavy atom. The van der Waals surface area contributed by atoms with Crippen LogP contribution in [0.5, 0.6) is 11.5 Å². The molecule has 8 nitrogen and oxygen atoms in total. The van der Waals surface area contributed by atoms with E-state index in [0.717, 1.165) is 11.1 Å². The van der Waals surface area contributed by atoms with Crippen molar-refractivity contribution in [2.45, 2.75) is 25.4 Å². The van der Waals surface area contributed by atoms with Crippen LogP contribution in [0.4, 0.5) is 0 Å². The molecule has 0 radical (unpaired) electrons. The quantitative estimate of drug-likeness (QED) is 0.506. The van der Waals surface area contributed by atoms with E-state index < -0.39 is 6.04 Å². The van der Waals surface area contributed by atoms with Gasteiger partial charge in [0, 0.05) is 24.0 Å². The molecule has 142 valence electrons. The molecule has 0 bridgehead atoms. The summed E-state index contributed by atoms with van der Waals surface area (Å²) in [7, 11) is 1.61. The molecule has 1 amide bonds. The van der Waals surface area contributed by atoms with Crippen LogP contribution in [-0.4, -0.2) is 36.9 Å². The molecule has 0 saturated carbocycles. The molecule has 3 N–H and O–H groups in total. The summed E-state index contributed by atoms with van der Waals surface area (Å²) in [5.41, 5.74) is 10.5. The second-order valence-corrected chi connectivity index (χ2v) is 5.99. The third kappa shape index (κ3) is 4.81. The van der Waals surface area contributed by atoms with Crippen molar-refractivity contribution < 1.29 is 14.3 Å². The number of nitrogens with zero attached hydrogens (tertiary/aromatic N) is 2. The average Bonchev–Trinajstić information content (AvgIpc) is 3.19. The van der Waals surface area contributed by atoms with Crippen molar-refractivity contribution in [3.8, 4) is 11.5 Å². The number of methoxy groups -OCH3 is 1. The molecule has 1 fully saturated rings. The lowest BCUT2D eigenvalue weighted by atomic mass is 10.0. The fourth-order valence-electron chi connectivity index (χ4n) is 2.82. The Balaban J connectivity index is 1.58. The van der Waals surface area contributed by atoms with Gasteiger partial charge in [0.05, 0.1) is 19.9 Å². The lowest BCUT2D eigenvalue weighted by molar-refractivity contribution is -0.122. The molecular formula is C19H23N5O3. The van der Waals surface area contributed by atoms with Crippen molar-refractivity contribution >= 4 is 12.1 Å². The predicted molar refractivity (Wildman–Crippen MR) is 102 cm³/mol. The van der Waals surface area contributed by atoms with Crippen LogP contribution >= 0.6 is 0 Å². The summed E-state index contributed by atoms with van der Waals surface area (Å²) in [6.07, 6.45) is 5.49. The number of aromatic nitrogens is 1. The first-order chi connectivity index (χ1) is 13.2. The average molecular weight is 369 g/mol. The van der Waals surface area contributed by atoms with E-state index in [-0.39, 0.29) is 11.9 Å². The number of benzene rings is 1. The molecule has 1 aliphatic heterocycles. The zero-order valence-electron chi connectivity index (χ0n) is 15.3. The van der Waals surface area contributed by atoms with Gasteiger partial charge in [0.2, 0.25) is 0 Å². The largest absolute Gasteiger partial charge is 0.493 e. The third-order valence-corrected chi connectivity index (χ3v) is 4.18. The molecule has 0 aliphatic carbocycles. The molecule has 2 atom stereocenters. The molecule has 3 rings (SSSR count). The van der Waals surface area contributed by atoms with Gasteiger partial charge in [-0.1, -0.05) is 12.1 Å². The van der Waals surface area contributed by atoms with Gasteiger partial charge in [-0.2, -0.15) is 5.10 Å². The van der Waals surface area contributed by atoms with Crippen LogP contribution in [0.1, 0.15) is 30.5 Å². The van der Waals surface area contributed by atoms with E-state index in [1.165, 1.54) is 0 Å². The van der Waals surface area contributed by atoms with Gasteiger partial charge >= 0.3 is 0 Å². The molecule has 2 aromatic rings. The second kappa shape index (κ2) is 9.11. The minimum absolute atomic E-state index is 0.0207. The topological polar surface area (TPSA) is 96.9 Å². The summed E-state index contributed by atoms with van der Waals surface area (Å²) in [4.78, 5) is 16.3. The highest BCUT2D eigenvalue weighted by molar-refractivity contribution is 5.84. The van der Waals surface area contributed by atoms with Gasteiger partial charge in [-0.05, 0) is 37.1 Å². The molecule has 27 heavy (non-hydrogen) atoms. The van der Waals surface area contributed by atoms with Crippen molar-refractivity contribution in [2.24, 2.45) is 5.10 Å². The van der Waals surface area contributed by atoms with Crippen LogP contribution in [0.25, 0.3) is 0 Å². The van der Waals surface area contributed by atoms with E-state index in [4.69, 9.17) is 9.47 Å². The predicted octanol–water partition coefficient (Wildman–Crippen LogP) is 1.55. The van der Waals surface area contributed by atoms with E-state index >= 15 is 0 Å². The zero-order valence-corrected chi connectivity index (χ0v) is 15.3. The van der Waals surface area contributed by atoms with Crippen molar-refractivity contribution in [1.82, 2.24) is 21.3 Å². The van der Waals surface area contributed by atoms with Gasteiger partial charge in [-0.25, -0.2) is 16.3 Å². The number of pyridine rings is 1. The Bertz CT molecular complexity index is 797. The number of hydrogen-bond acceptors (Lipinski definition) is 7. The van der Waals surface area contributed by atoms with Gasteiger partial charge in [-0.3, -0.25) is 9.78 Å². The minimum Gasteiger partial charge on any atom is -0.493 e. The highest BCUT2D eigenvalue weighted by Crippen LogP contribution is 2.32. The van der Waals surface area contributed by atoms with Gasteiger partial charge in [-0.15, -0.1) is 0 Å². The molecule has 1 aromatic carbocycles.